The highest BCUT2D eigenvalue weighted by Gasteiger charge is 2.42. The Labute approximate surface area is 194 Å². The first-order valence-corrected chi connectivity index (χ1v) is 10.9. The van der Waals surface area contributed by atoms with Crippen LogP contribution in [-0.4, -0.2) is 18.7 Å². The zero-order valence-corrected chi connectivity index (χ0v) is 18.9. The Kier molecular flexibility index (Phi) is 7.26. The molecule has 4 nitrogen and oxygen atoms in total. The number of amides is 1. The van der Waals surface area contributed by atoms with Crippen molar-refractivity contribution >= 4 is 35.0 Å². The first-order chi connectivity index (χ1) is 15.1. The van der Waals surface area contributed by atoms with Crippen molar-refractivity contribution in [1.82, 2.24) is 0 Å². The lowest BCUT2D eigenvalue weighted by Gasteiger charge is -2.41. The SMILES string of the molecule is CCOC(=O)N1c2ccc(C(F)(F)F)cc2C(C(C#N)c2cc(Cl)cc(Cl)c2)C[C@H]1CC. The molecule has 170 valence electrons. The summed E-state index contributed by atoms with van der Waals surface area (Å²) in [5, 5.41) is 10.7. The molecular weight excluding hydrogens is 464 g/mol. The van der Waals surface area contributed by atoms with Crippen molar-refractivity contribution in [2.24, 2.45) is 0 Å². The normalized spacial score (nSPS) is 19.1. The van der Waals surface area contributed by atoms with Gasteiger partial charge in [0.1, 0.15) is 0 Å². The number of halogens is 5. The molecule has 1 aliphatic rings. The molecule has 1 amide bonds. The summed E-state index contributed by atoms with van der Waals surface area (Å²) in [6, 6.07) is 9.82. The number of benzene rings is 2. The summed E-state index contributed by atoms with van der Waals surface area (Å²) in [6.07, 6.45) is -4.38. The molecule has 2 aromatic rings. The molecule has 0 spiro atoms. The van der Waals surface area contributed by atoms with Crippen LogP contribution in [0.1, 0.15) is 55.2 Å². The molecule has 0 N–H and O–H groups in total. The second-order valence-corrected chi connectivity index (χ2v) is 8.43. The van der Waals surface area contributed by atoms with Crippen LogP contribution in [0.15, 0.2) is 36.4 Å². The van der Waals surface area contributed by atoms with Crippen molar-refractivity contribution in [2.45, 2.75) is 50.7 Å². The van der Waals surface area contributed by atoms with E-state index in [2.05, 4.69) is 6.07 Å². The number of nitrogens with zero attached hydrogens (tertiary/aromatic N) is 2. The van der Waals surface area contributed by atoms with E-state index in [0.29, 0.717) is 27.7 Å². The average molecular weight is 485 g/mol. The summed E-state index contributed by atoms with van der Waals surface area (Å²) in [7, 11) is 0. The Bertz CT molecular complexity index is 1030. The fourth-order valence-corrected chi connectivity index (χ4v) is 4.77. The number of carbonyl (C=O) groups excluding carboxylic acids is 1. The summed E-state index contributed by atoms with van der Waals surface area (Å²) in [4.78, 5) is 14.1. The number of nitriles is 1. The van der Waals surface area contributed by atoms with Gasteiger partial charge in [-0.1, -0.05) is 30.1 Å². The molecule has 0 aliphatic carbocycles. The van der Waals surface area contributed by atoms with E-state index in [0.717, 1.165) is 12.1 Å². The molecule has 0 saturated carbocycles. The first-order valence-electron chi connectivity index (χ1n) is 10.1. The highest BCUT2D eigenvalue weighted by molar-refractivity contribution is 6.34. The van der Waals surface area contributed by atoms with E-state index in [-0.39, 0.29) is 24.6 Å². The van der Waals surface area contributed by atoms with Crippen LogP contribution in [0.5, 0.6) is 0 Å². The first kappa shape index (κ1) is 24.2. The number of hydrogen-bond acceptors (Lipinski definition) is 3. The van der Waals surface area contributed by atoms with E-state index in [9.17, 15) is 23.2 Å². The van der Waals surface area contributed by atoms with E-state index in [1.807, 2.05) is 6.92 Å². The monoisotopic (exact) mass is 484 g/mol. The molecular formula is C23H21Cl2F3N2O2. The third kappa shape index (κ3) is 4.82. The summed E-state index contributed by atoms with van der Waals surface area (Å²) in [6.45, 7) is 3.67. The lowest BCUT2D eigenvalue weighted by Crippen LogP contribution is -2.45. The maximum absolute atomic E-state index is 13.5. The lowest BCUT2D eigenvalue weighted by molar-refractivity contribution is -0.137. The van der Waals surface area contributed by atoms with Crippen molar-refractivity contribution in [3.05, 3.63) is 63.1 Å². The topological polar surface area (TPSA) is 53.3 Å². The van der Waals surface area contributed by atoms with Gasteiger partial charge in [-0.2, -0.15) is 18.4 Å². The third-order valence-corrected chi connectivity index (χ3v) is 6.06. The molecule has 2 unspecified atom stereocenters. The Morgan fingerprint density at radius 3 is 2.41 bits per heavy atom. The quantitative estimate of drug-likeness (QED) is 0.449. The van der Waals surface area contributed by atoms with E-state index in [1.165, 1.54) is 17.0 Å². The van der Waals surface area contributed by atoms with Crippen molar-refractivity contribution in [3.8, 4) is 6.07 Å². The van der Waals surface area contributed by atoms with Gasteiger partial charge in [0.15, 0.2) is 0 Å². The zero-order valence-electron chi connectivity index (χ0n) is 17.4. The molecule has 2 aromatic carbocycles. The van der Waals surface area contributed by atoms with Crippen molar-refractivity contribution < 1.29 is 22.7 Å². The molecule has 3 atom stereocenters. The zero-order chi connectivity index (χ0) is 23.6. The molecule has 9 heteroatoms. The average Bonchev–Trinajstić information content (AvgIpc) is 2.72. The van der Waals surface area contributed by atoms with Crippen molar-refractivity contribution in [1.29, 1.82) is 5.26 Å². The van der Waals surface area contributed by atoms with E-state index >= 15 is 0 Å². The fraction of sp³-hybridized carbons (Fsp3) is 0.391. The molecule has 0 aromatic heterocycles. The Morgan fingerprint density at radius 1 is 1.22 bits per heavy atom. The highest BCUT2D eigenvalue weighted by Crippen LogP contribution is 2.48. The largest absolute Gasteiger partial charge is 0.449 e. The predicted molar refractivity (Wildman–Crippen MR) is 117 cm³/mol. The number of carbonyl (C=O) groups is 1. The van der Waals surface area contributed by atoms with Gasteiger partial charge in [-0.05, 0) is 67.3 Å². The molecule has 0 bridgehead atoms. The maximum Gasteiger partial charge on any atom is 0.416 e. The molecule has 32 heavy (non-hydrogen) atoms. The second kappa shape index (κ2) is 9.60. The summed E-state index contributed by atoms with van der Waals surface area (Å²) in [5.74, 6) is -1.42. The number of alkyl halides is 3. The van der Waals surface area contributed by atoms with E-state index in [4.69, 9.17) is 27.9 Å². The van der Waals surface area contributed by atoms with Gasteiger partial charge in [-0.25, -0.2) is 4.79 Å². The van der Waals surface area contributed by atoms with Crippen LogP contribution in [0.2, 0.25) is 10.0 Å². The third-order valence-electron chi connectivity index (χ3n) is 5.63. The minimum Gasteiger partial charge on any atom is -0.449 e. The van der Waals surface area contributed by atoms with Gasteiger partial charge in [0.25, 0.3) is 0 Å². The van der Waals surface area contributed by atoms with Gasteiger partial charge in [-0.3, -0.25) is 4.90 Å². The van der Waals surface area contributed by atoms with Crippen LogP contribution in [0.4, 0.5) is 23.7 Å². The van der Waals surface area contributed by atoms with Gasteiger partial charge in [0.05, 0.1) is 29.8 Å². The van der Waals surface area contributed by atoms with Crippen LogP contribution in [0.3, 0.4) is 0 Å². The number of hydrogen-bond donors (Lipinski definition) is 0. The number of ether oxygens (including phenoxy) is 1. The Hall–Kier alpha value is -2.43. The lowest BCUT2D eigenvalue weighted by atomic mass is 9.74. The molecule has 1 aliphatic heterocycles. The summed E-state index contributed by atoms with van der Waals surface area (Å²) in [5.41, 5.74) is 0.242. The Morgan fingerprint density at radius 2 is 1.88 bits per heavy atom. The van der Waals surface area contributed by atoms with Crippen LogP contribution >= 0.6 is 23.2 Å². The number of rotatable bonds is 4. The predicted octanol–water partition coefficient (Wildman–Crippen LogP) is 7.55. The van der Waals surface area contributed by atoms with Gasteiger partial charge in [0, 0.05) is 22.0 Å². The van der Waals surface area contributed by atoms with Gasteiger partial charge in [-0.15, -0.1) is 0 Å². The van der Waals surface area contributed by atoms with E-state index < -0.39 is 29.7 Å². The van der Waals surface area contributed by atoms with Crippen molar-refractivity contribution in [3.63, 3.8) is 0 Å². The number of anilines is 1. The van der Waals surface area contributed by atoms with Crippen LogP contribution in [0, 0.1) is 11.3 Å². The fourth-order valence-electron chi connectivity index (χ4n) is 4.23. The summed E-state index contributed by atoms with van der Waals surface area (Å²) < 4.78 is 45.7. The standard InChI is InChI=1S/C23H21Cl2F3N2O2/c1-3-17-11-18(20(12-29)13-7-15(24)10-16(25)8-13)19-9-14(23(26,27)28)5-6-21(19)30(17)22(31)32-4-2/h5-10,17-18,20H,3-4,11H2,1-2H3/t17-,18?,20?/m1/s1. The van der Waals surface area contributed by atoms with E-state index in [1.54, 1.807) is 19.1 Å². The van der Waals surface area contributed by atoms with Gasteiger partial charge in [0.2, 0.25) is 0 Å². The summed E-state index contributed by atoms with van der Waals surface area (Å²) >= 11 is 12.2. The maximum atomic E-state index is 13.5. The van der Waals surface area contributed by atoms with Gasteiger partial charge < -0.3 is 4.74 Å². The number of fused-ring (bicyclic) bond motifs is 1. The highest BCUT2D eigenvalue weighted by atomic mass is 35.5. The van der Waals surface area contributed by atoms with Crippen LogP contribution in [0.25, 0.3) is 0 Å². The minimum absolute atomic E-state index is 0.132. The smallest absolute Gasteiger partial charge is 0.416 e. The molecule has 3 rings (SSSR count). The van der Waals surface area contributed by atoms with Crippen LogP contribution < -0.4 is 4.90 Å². The molecule has 0 radical (unpaired) electrons. The minimum atomic E-state index is -4.57. The molecule has 0 fully saturated rings. The second-order valence-electron chi connectivity index (χ2n) is 7.55. The molecule has 0 saturated heterocycles. The van der Waals surface area contributed by atoms with Crippen molar-refractivity contribution in [2.75, 3.05) is 11.5 Å². The van der Waals surface area contributed by atoms with Crippen LogP contribution in [-0.2, 0) is 10.9 Å². The molecule has 1 heterocycles. The van der Waals surface area contributed by atoms with Gasteiger partial charge >= 0.3 is 12.3 Å². The Balaban J connectivity index is 2.21.